The van der Waals surface area contributed by atoms with Gasteiger partial charge in [-0.2, -0.15) is 0 Å². The molecule has 100 heavy (non-hydrogen) atoms. The Morgan fingerprint density at radius 2 is 0.420 bits per heavy atom. The predicted octanol–water partition coefficient (Wildman–Crippen LogP) is 24.0. The summed E-state index contributed by atoms with van der Waals surface area (Å²) >= 11 is 0. The minimum atomic E-state index is -4.96. The number of carbonyl (C=O) groups excluding carboxylic acids is 4. The zero-order chi connectivity index (χ0) is 73.8. The summed E-state index contributed by atoms with van der Waals surface area (Å²) in [6.45, 7) is 14.2. The lowest BCUT2D eigenvalue weighted by Crippen LogP contribution is -2.30. The fraction of sp³-hybridized carbons (Fsp3) is 0.951. The van der Waals surface area contributed by atoms with E-state index in [0.29, 0.717) is 31.6 Å². The molecule has 0 saturated heterocycles. The van der Waals surface area contributed by atoms with Crippen molar-refractivity contribution in [1.29, 1.82) is 0 Å². The summed E-state index contributed by atoms with van der Waals surface area (Å²) in [5, 5.41) is 10.6. The van der Waals surface area contributed by atoms with Crippen molar-refractivity contribution in [2.75, 3.05) is 39.6 Å². The van der Waals surface area contributed by atoms with Crippen molar-refractivity contribution in [3.8, 4) is 0 Å². The molecule has 0 fully saturated rings. The number of aliphatic hydroxyl groups is 1. The van der Waals surface area contributed by atoms with Gasteiger partial charge in [0.2, 0.25) is 0 Å². The number of phosphoric acid groups is 2. The average molecular weight is 1470 g/mol. The Morgan fingerprint density at radius 3 is 0.620 bits per heavy atom. The molecule has 0 radical (unpaired) electrons. The van der Waals surface area contributed by atoms with Crippen molar-refractivity contribution in [1.82, 2.24) is 0 Å². The molecule has 5 atom stereocenters. The molecule has 0 aliphatic heterocycles. The van der Waals surface area contributed by atoms with Crippen molar-refractivity contribution in [3.63, 3.8) is 0 Å². The molecule has 0 heterocycles. The van der Waals surface area contributed by atoms with Crippen LogP contribution in [0.4, 0.5) is 0 Å². The number of phosphoric ester groups is 2. The normalized spacial score (nSPS) is 14.0. The van der Waals surface area contributed by atoms with Crippen LogP contribution < -0.4 is 0 Å². The summed E-state index contributed by atoms with van der Waals surface area (Å²) in [4.78, 5) is 73.0. The third-order valence-corrected chi connectivity index (χ3v) is 20.7. The van der Waals surface area contributed by atoms with Crippen LogP contribution in [0.5, 0.6) is 0 Å². The molecule has 17 nitrogen and oxygen atoms in total. The maximum absolute atomic E-state index is 13.1. The molecule has 0 aromatic carbocycles. The second-order valence-electron chi connectivity index (χ2n) is 31.1. The molecule has 594 valence electrons. The first-order valence-electron chi connectivity index (χ1n) is 41.7. The number of unbranched alkanes of at least 4 members (excludes halogenated alkanes) is 44. The van der Waals surface area contributed by atoms with E-state index >= 15 is 0 Å². The topological polar surface area (TPSA) is 237 Å². The second kappa shape index (κ2) is 70.1. The maximum atomic E-state index is 13.1. The van der Waals surface area contributed by atoms with Crippen LogP contribution in [0.1, 0.15) is 415 Å². The molecule has 0 aromatic rings. The summed E-state index contributed by atoms with van der Waals surface area (Å²) in [6.07, 6.45) is 57.1. The van der Waals surface area contributed by atoms with E-state index in [1.54, 1.807) is 0 Å². The summed E-state index contributed by atoms with van der Waals surface area (Å²) in [5.74, 6) is 0.937. The van der Waals surface area contributed by atoms with Gasteiger partial charge in [0.05, 0.1) is 26.4 Å². The number of hydrogen-bond donors (Lipinski definition) is 3. The minimum absolute atomic E-state index is 0.107. The van der Waals surface area contributed by atoms with E-state index in [0.717, 1.165) is 114 Å². The Morgan fingerprint density at radius 1 is 0.250 bits per heavy atom. The average Bonchev–Trinajstić information content (AvgIpc) is 1.10. The van der Waals surface area contributed by atoms with Crippen LogP contribution in [0.2, 0.25) is 0 Å². The number of hydrogen-bond acceptors (Lipinski definition) is 15. The highest BCUT2D eigenvalue weighted by molar-refractivity contribution is 7.47. The van der Waals surface area contributed by atoms with Gasteiger partial charge in [-0.25, -0.2) is 9.13 Å². The van der Waals surface area contributed by atoms with Crippen molar-refractivity contribution >= 4 is 39.5 Å². The van der Waals surface area contributed by atoms with Gasteiger partial charge in [0.25, 0.3) is 0 Å². The van der Waals surface area contributed by atoms with E-state index in [1.165, 1.54) is 212 Å². The number of rotatable bonds is 78. The first-order valence-corrected chi connectivity index (χ1v) is 44.7. The smallest absolute Gasteiger partial charge is 0.462 e. The molecule has 0 amide bonds. The molecule has 3 unspecified atom stereocenters. The largest absolute Gasteiger partial charge is 0.472 e. The first kappa shape index (κ1) is 98.1. The highest BCUT2D eigenvalue weighted by Crippen LogP contribution is 2.45. The monoisotopic (exact) mass is 1470 g/mol. The zero-order valence-corrected chi connectivity index (χ0v) is 67.6. The summed E-state index contributed by atoms with van der Waals surface area (Å²) < 4.78 is 68.7. The van der Waals surface area contributed by atoms with Crippen LogP contribution in [0.15, 0.2) is 0 Å². The van der Waals surface area contributed by atoms with E-state index < -0.39 is 97.5 Å². The molecule has 0 aromatic heterocycles. The third-order valence-electron chi connectivity index (χ3n) is 18.8. The van der Waals surface area contributed by atoms with Gasteiger partial charge in [-0.05, 0) is 49.4 Å². The fourth-order valence-corrected chi connectivity index (χ4v) is 14.0. The molecular formula is C81H158O17P2. The minimum Gasteiger partial charge on any atom is -0.462 e. The van der Waals surface area contributed by atoms with Crippen molar-refractivity contribution < 1.29 is 80.2 Å². The summed E-state index contributed by atoms with van der Waals surface area (Å²) in [5.41, 5.74) is 0. The van der Waals surface area contributed by atoms with Gasteiger partial charge in [-0.15, -0.1) is 0 Å². The molecule has 3 N–H and O–H groups in total. The van der Waals surface area contributed by atoms with Gasteiger partial charge in [-0.1, -0.05) is 364 Å². The lowest BCUT2D eigenvalue weighted by atomic mass is 10.0. The lowest BCUT2D eigenvalue weighted by molar-refractivity contribution is -0.161. The molecule has 0 saturated carbocycles. The van der Waals surface area contributed by atoms with Gasteiger partial charge in [0.1, 0.15) is 19.3 Å². The van der Waals surface area contributed by atoms with Crippen LogP contribution in [0.25, 0.3) is 0 Å². The SMILES string of the molecule is CC(C)CCCCCCCCCCCCCCCCCCCCC(=O)O[C@H](COC(=O)CCCCCCCCC(C)C)COP(=O)(O)OCC(O)COP(=O)(O)OC[C@@H](COC(=O)CCCCCCCCCCCCC(C)C)OC(=O)CCCCCCCCCCCCCCCCC(C)C. The van der Waals surface area contributed by atoms with Crippen molar-refractivity contribution in [3.05, 3.63) is 0 Å². The Hall–Kier alpha value is -1.94. The van der Waals surface area contributed by atoms with Gasteiger partial charge >= 0.3 is 39.5 Å². The molecule has 0 aliphatic rings. The first-order chi connectivity index (χ1) is 48.1. The number of aliphatic hydroxyl groups excluding tert-OH is 1. The van der Waals surface area contributed by atoms with Crippen LogP contribution in [0, 0.1) is 23.7 Å². The van der Waals surface area contributed by atoms with Crippen LogP contribution in [-0.2, 0) is 65.4 Å². The Labute approximate surface area is 613 Å². The van der Waals surface area contributed by atoms with Gasteiger partial charge in [-0.3, -0.25) is 37.3 Å². The zero-order valence-electron chi connectivity index (χ0n) is 65.8. The van der Waals surface area contributed by atoms with E-state index in [-0.39, 0.29) is 25.7 Å². The van der Waals surface area contributed by atoms with E-state index in [9.17, 15) is 43.2 Å². The van der Waals surface area contributed by atoms with Crippen molar-refractivity contribution in [2.45, 2.75) is 433 Å². The Kier molecular flexibility index (Phi) is 68.7. The Bertz CT molecular complexity index is 1950. The number of carbonyl (C=O) groups is 4. The van der Waals surface area contributed by atoms with Crippen LogP contribution in [-0.4, -0.2) is 96.7 Å². The van der Waals surface area contributed by atoms with Crippen LogP contribution in [0.3, 0.4) is 0 Å². The second-order valence-corrected chi connectivity index (χ2v) is 34.0. The molecule has 0 bridgehead atoms. The lowest BCUT2D eigenvalue weighted by Gasteiger charge is -2.21. The standard InChI is InChI=1S/C81H158O17P2/c1-71(2)57-49-41-33-27-21-17-13-11-9-10-12-14-19-23-31-37-47-55-64-81(86)98-77(68-92-79(84)62-54-46-40-39-44-52-60-74(7)8)70-96-100(89,90)94-66-75(82)65-93-99(87,88)95-69-76(67-91-78(83)61-53-45-36-30-26-25-29-35-43-51-59-73(5)6)97-80(85)63-56-48-38-32-24-20-16-15-18-22-28-34-42-50-58-72(3)4/h71-77,82H,9-70H2,1-8H3,(H,87,88)(H,89,90)/t75?,76-,77-/m1/s1. The third kappa shape index (κ3) is 74.3. The Balaban J connectivity index is 5.19. The van der Waals surface area contributed by atoms with Gasteiger partial charge < -0.3 is 33.8 Å². The number of esters is 4. The summed E-state index contributed by atoms with van der Waals surface area (Å²) in [7, 11) is -9.92. The maximum Gasteiger partial charge on any atom is 0.472 e. The highest BCUT2D eigenvalue weighted by Gasteiger charge is 2.30. The molecular weight excluding hydrogens is 1310 g/mol. The predicted molar refractivity (Wildman–Crippen MR) is 409 cm³/mol. The van der Waals surface area contributed by atoms with E-state index in [4.69, 9.17) is 37.0 Å². The molecule has 0 rings (SSSR count). The molecule has 0 aliphatic carbocycles. The van der Waals surface area contributed by atoms with Gasteiger partial charge in [0.15, 0.2) is 12.2 Å². The quantitative estimate of drug-likeness (QED) is 0.0222. The molecule has 19 heteroatoms. The summed E-state index contributed by atoms with van der Waals surface area (Å²) in [6, 6.07) is 0. The van der Waals surface area contributed by atoms with Gasteiger partial charge in [0, 0.05) is 25.7 Å². The number of ether oxygens (including phenoxy) is 4. The highest BCUT2D eigenvalue weighted by atomic mass is 31.2. The van der Waals surface area contributed by atoms with E-state index in [1.807, 2.05) is 0 Å². The fourth-order valence-electron chi connectivity index (χ4n) is 12.4. The molecule has 0 spiro atoms. The van der Waals surface area contributed by atoms with Crippen LogP contribution >= 0.6 is 15.6 Å². The van der Waals surface area contributed by atoms with E-state index in [2.05, 4.69) is 55.4 Å². The van der Waals surface area contributed by atoms with Crippen molar-refractivity contribution in [2.24, 2.45) is 23.7 Å².